The fraction of sp³-hybridized carbons (Fsp3) is 0.364. The maximum atomic E-state index is 12.6. The molecule has 154 valence electrons. The van der Waals surface area contributed by atoms with Crippen LogP contribution in [-0.4, -0.2) is 31.2 Å². The van der Waals surface area contributed by atoms with Gasteiger partial charge < -0.3 is 5.32 Å². The van der Waals surface area contributed by atoms with Crippen LogP contribution in [0.3, 0.4) is 0 Å². The third-order valence-electron chi connectivity index (χ3n) is 5.48. The molecule has 8 heteroatoms. The fourth-order valence-electron chi connectivity index (χ4n) is 4.22. The minimum atomic E-state index is -0.0626. The predicted molar refractivity (Wildman–Crippen MR) is 123 cm³/mol. The maximum Gasteiger partial charge on any atom is 0.236 e. The van der Waals surface area contributed by atoms with Crippen LogP contribution in [-0.2, 0) is 17.6 Å². The largest absolute Gasteiger partial charge is 0.301 e. The van der Waals surface area contributed by atoms with E-state index in [0.717, 1.165) is 45.8 Å². The summed E-state index contributed by atoms with van der Waals surface area (Å²) in [5.41, 5.74) is 6.57. The number of hydrogen-bond donors (Lipinski definition) is 1. The topological polar surface area (TPSA) is 72.2 Å². The van der Waals surface area contributed by atoms with Gasteiger partial charge in [0, 0.05) is 4.88 Å². The molecule has 5 rings (SSSR count). The van der Waals surface area contributed by atoms with Crippen molar-refractivity contribution < 1.29 is 4.79 Å². The molecule has 0 unspecified atom stereocenters. The summed E-state index contributed by atoms with van der Waals surface area (Å²) in [6.45, 7) is 6.26. The van der Waals surface area contributed by atoms with Crippen molar-refractivity contribution in [3.63, 3.8) is 0 Å². The van der Waals surface area contributed by atoms with Crippen LogP contribution < -0.4 is 5.32 Å². The highest BCUT2D eigenvalue weighted by Gasteiger charge is 2.18. The highest BCUT2D eigenvalue weighted by Crippen LogP contribution is 2.31. The molecule has 1 aliphatic rings. The van der Waals surface area contributed by atoms with E-state index in [-0.39, 0.29) is 11.7 Å². The first-order chi connectivity index (χ1) is 14.5. The molecule has 1 aliphatic carbocycles. The Labute approximate surface area is 183 Å². The minimum absolute atomic E-state index is 0.0626. The lowest BCUT2D eigenvalue weighted by Crippen LogP contribution is -2.14. The second-order valence-electron chi connectivity index (χ2n) is 7.92. The zero-order chi connectivity index (χ0) is 20.8. The Morgan fingerprint density at radius 3 is 2.80 bits per heavy atom. The van der Waals surface area contributed by atoms with E-state index in [0.29, 0.717) is 5.13 Å². The summed E-state index contributed by atoms with van der Waals surface area (Å²) < 4.78 is 2.08. The Hall–Kier alpha value is -2.45. The smallest absolute Gasteiger partial charge is 0.236 e. The molecule has 0 spiro atoms. The van der Waals surface area contributed by atoms with Gasteiger partial charge in [-0.2, -0.15) is 0 Å². The number of pyridine rings is 1. The van der Waals surface area contributed by atoms with Crippen LogP contribution in [0.4, 0.5) is 5.13 Å². The van der Waals surface area contributed by atoms with Gasteiger partial charge in [-0.05, 0) is 75.1 Å². The van der Waals surface area contributed by atoms with Gasteiger partial charge in [0.1, 0.15) is 0 Å². The van der Waals surface area contributed by atoms with Crippen LogP contribution in [0.5, 0.6) is 0 Å². The standard InChI is InChI=1S/C22H23N5OS2/c1-12-8-13(2)19-15(9-12)10-14(3)20-25-26-22(27(19)20)29-11-18(28)24-21-23-16-6-4-5-7-17(16)30-21/h8-10H,4-7,11H2,1-3H3,(H,23,24,28). The normalized spacial score (nSPS) is 13.7. The minimum Gasteiger partial charge on any atom is -0.301 e. The van der Waals surface area contributed by atoms with E-state index in [1.165, 1.54) is 40.6 Å². The summed E-state index contributed by atoms with van der Waals surface area (Å²) in [4.78, 5) is 18.5. The van der Waals surface area contributed by atoms with Crippen molar-refractivity contribution >= 4 is 50.7 Å². The molecule has 0 radical (unpaired) electrons. The number of anilines is 1. The van der Waals surface area contributed by atoms with Crippen molar-refractivity contribution in [1.82, 2.24) is 19.6 Å². The SMILES string of the molecule is Cc1cc(C)c2c(c1)cc(C)c1nnc(SCC(=O)Nc3nc4c(s3)CCCC4)n12. The number of carbonyl (C=O) groups is 1. The Bertz CT molecular complexity index is 1270. The summed E-state index contributed by atoms with van der Waals surface area (Å²) >= 11 is 3.02. The fourth-order valence-corrected chi connectivity index (χ4v) is 6.02. The molecule has 0 bridgehead atoms. The van der Waals surface area contributed by atoms with Gasteiger partial charge in [-0.1, -0.05) is 23.4 Å². The number of benzene rings is 1. The van der Waals surface area contributed by atoms with Gasteiger partial charge in [0.05, 0.1) is 17.0 Å². The van der Waals surface area contributed by atoms with Gasteiger partial charge in [-0.25, -0.2) is 4.98 Å². The van der Waals surface area contributed by atoms with Gasteiger partial charge >= 0.3 is 0 Å². The molecule has 1 N–H and O–H groups in total. The molecule has 0 saturated heterocycles. The third kappa shape index (κ3) is 3.48. The number of aromatic nitrogens is 4. The second-order valence-corrected chi connectivity index (χ2v) is 9.95. The van der Waals surface area contributed by atoms with Crippen molar-refractivity contribution in [3.05, 3.63) is 45.5 Å². The van der Waals surface area contributed by atoms with Gasteiger partial charge in [0.25, 0.3) is 0 Å². The zero-order valence-electron chi connectivity index (χ0n) is 17.3. The van der Waals surface area contributed by atoms with Crippen LogP contribution in [0.1, 0.15) is 40.1 Å². The maximum absolute atomic E-state index is 12.6. The summed E-state index contributed by atoms with van der Waals surface area (Å²) in [6.07, 6.45) is 4.50. The second kappa shape index (κ2) is 7.67. The Kier molecular flexibility index (Phi) is 4.99. The van der Waals surface area contributed by atoms with Gasteiger partial charge in [0.15, 0.2) is 15.9 Å². The first kappa shape index (κ1) is 19.5. The molecule has 3 heterocycles. The number of thioether (sulfide) groups is 1. The van der Waals surface area contributed by atoms with Crippen LogP contribution >= 0.6 is 23.1 Å². The highest BCUT2D eigenvalue weighted by atomic mass is 32.2. The van der Waals surface area contributed by atoms with E-state index in [1.54, 1.807) is 11.3 Å². The van der Waals surface area contributed by atoms with Crippen molar-refractivity contribution in [2.75, 3.05) is 11.1 Å². The number of amides is 1. The monoisotopic (exact) mass is 437 g/mol. The predicted octanol–water partition coefficient (Wildman–Crippen LogP) is 4.87. The van der Waals surface area contributed by atoms with Gasteiger partial charge in [-0.15, -0.1) is 21.5 Å². The van der Waals surface area contributed by atoms with Crippen molar-refractivity contribution in [1.29, 1.82) is 0 Å². The quantitative estimate of drug-likeness (QED) is 0.461. The number of fused-ring (bicyclic) bond motifs is 4. The average Bonchev–Trinajstić information content (AvgIpc) is 3.29. The molecule has 30 heavy (non-hydrogen) atoms. The number of aryl methyl sites for hydroxylation is 5. The molecule has 0 saturated carbocycles. The lowest BCUT2D eigenvalue weighted by Gasteiger charge is -2.10. The summed E-state index contributed by atoms with van der Waals surface area (Å²) in [5.74, 6) is 0.207. The summed E-state index contributed by atoms with van der Waals surface area (Å²) in [6, 6.07) is 6.51. The first-order valence-electron chi connectivity index (χ1n) is 10.2. The van der Waals surface area contributed by atoms with Crippen molar-refractivity contribution in [2.24, 2.45) is 0 Å². The molecule has 4 aromatic rings. The van der Waals surface area contributed by atoms with E-state index < -0.39 is 0 Å². The van der Waals surface area contributed by atoms with Crippen molar-refractivity contribution in [2.45, 2.75) is 51.6 Å². The number of rotatable bonds is 4. The number of carbonyl (C=O) groups excluding carboxylic acids is 1. The molecule has 0 atom stereocenters. The molecule has 3 aromatic heterocycles. The average molecular weight is 438 g/mol. The molecule has 0 aliphatic heterocycles. The highest BCUT2D eigenvalue weighted by molar-refractivity contribution is 7.99. The number of nitrogens with one attached hydrogen (secondary N) is 1. The molecule has 0 fully saturated rings. The van der Waals surface area contributed by atoms with Crippen LogP contribution in [0.25, 0.3) is 16.6 Å². The van der Waals surface area contributed by atoms with Gasteiger partial charge in [-0.3, -0.25) is 9.20 Å². The molecular weight excluding hydrogens is 414 g/mol. The number of nitrogens with zero attached hydrogens (tertiary/aromatic N) is 4. The van der Waals surface area contributed by atoms with Crippen LogP contribution in [0, 0.1) is 20.8 Å². The molecular formula is C22H23N5OS2. The van der Waals surface area contributed by atoms with E-state index in [4.69, 9.17) is 0 Å². The lowest BCUT2D eigenvalue weighted by molar-refractivity contribution is -0.113. The van der Waals surface area contributed by atoms with Gasteiger partial charge in [0.2, 0.25) is 5.91 Å². The lowest BCUT2D eigenvalue weighted by atomic mass is 10.0. The zero-order valence-corrected chi connectivity index (χ0v) is 18.9. The Morgan fingerprint density at radius 1 is 1.13 bits per heavy atom. The van der Waals surface area contributed by atoms with E-state index >= 15 is 0 Å². The molecule has 1 aromatic carbocycles. The molecule has 1 amide bonds. The Morgan fingerprint density at radius 2 is 1.97 bits per heavy atom. The van der Waals surface area contributed by atoms with E-state index in [9.17, 15) is 4.79 Å². The summed E-state index contributed by atoms with van der Waals surface area (Å²) in [5, 5.41) is 14.4. The number of thiazole rings is 1. The first-order valence-corrected chi connectivity index (χ1v) is 12.0. The number of hydrogen-bond acceptors (Lipinski definition) is 6. The third-order valence-corrected chi connectivity index (χ3v) is 7.48. The Balaban J connectivity index is 1.40. The summed E-state index contributed by atoms with van der Waals surface area (Å²) in [7, 11) is 0. The van der Waals surface area contributed by atoms with E-state index in [1.807, 2.05) is 6.92 Å². The van der Waals surface area contributed by atoms with Crippen LogP contribution in [0.15, 0.2) is 23.4 Å². The van der Waals surface area contributed by atoms with E-state index in [2.05, 4.69) is 56.9 Å². The van der Waals surface area contributed by atoms with Crippen LogP contribution in [0.2, 0.25) is 0 Å². The molecule has 6 nitrogen and oxygen atoms in total. The van der Waals surface area contributed by atoms with Crippen molar-refractivity contribution in [3.8, 4) is 0 Å².